The summed E-state index contributed by atoms with van der Waals surface area (Å²) in [6.07, 6.45) is 1.09. The summed E-state index contributed by atoms with van der Waals surface area (Å²) in [6, 6.07) is 10.3. The number of benzene rings is 1. The second-order valence-corrected chi connectivity index (χ2v) is 5.63. The lowest BCUT2D eigenvalue weighted by Crippen LogP contribution is -2.49. The molecular weight excluding hydrogens is 250 g/mol. The van der Waals surface area contributed by atoms with Crippen LogP contribution in [0.1, 0.15) is 13.3 Å². The van der Waals surface area contributed by atoms with Crippen LogP contribution < -0.4 is 10.5 Å². The molecule has 1 unspecified atom stereocenters. The van der Waals surface area contributed by atoms with E-state index in [1.165, 1.54) is 0 Å². The Hall–Kier alpha value is -1.10. The van der Waals surface area contributed by atoms with E-state index < -0.39 is 0 Å². The van der Waals surface area contributed by atoms with Gasteiger partial charge in [0.05, 0.1) is 6.61 Å². The Morgan fingerprint density at radius 2 is 1.75 bits per heavy atom. The summed E-state index contributed by atoms with van der Waals surface area (Å²) in [7, 11) is 0. The van der Waals surface area contributed by atoms with Crippen molar-refractivity contribution in [2.75, 3.05) is 45.9 Å². The van der Waals surface area contributed by atoms with Gasteiger partial charge in [0, 0.05) is 45.3 Å². The van der Waals surface area contributed by atoms with Gasteiger partial charge >= 0.3 is 0 Å². The van der Waals surface area contributed by atoms with Crippen molar-refractivity contribution >= 4 is 0 Å². The predicted molar refractivity (Wildman–Crippen MR) is 83.1 cm³/mol. The Bertz CT molecular complexity index is 361. The first kappa shape index (κ1) is 15.3. The smallest absolute Gasteiger partial charge is 0.119 e. The van der Waals surface area contributed by atoms with Crippen LogP contribution >= 0.6 is 0 Å². The lowest BCUT2D eigenvalue weighted by molar-refractivity contribution is 0.122. The summed E-state index contributed by atoms with van der Waals surface area (Å²) in [6.45, 7) is 9.60. The minimum Gasteiger partial charge on any atom is -0.494 e. The molecule has 4 nitrogen and oxygen atoms in total. The molecule has 0 aliphatic carbocycles. The second-order valence-electron chi connectivity index (χ2n) is 5.63. The molecule has 2 rings (SSSR count). The minimum absolute atomic E-state index is 0.279. The van der Waals surface area contributed by atoms with Crippen molar-refractivity contribution < 1.29 is 4.74 Å². The number of nitrogens with two attached hydrogens (primary N) is 1. The highest BCUT2D eigenvalue weighted by atomic mass is 16.5. The predicted octanol–water partition coefficient (Wildman–Crippen LogP) is 1.42. The monoisotopic (exact) mass is 277 g/mol. The largest absolute Gasteiger partial charge is 0.494 e. The summed E-state index contributed by atoms with van der Waals surface area (Å²) >= 11 is 0. The van der Waals surface area contributed by atoms with Crippen molar-refractivity contribution in [3.63, 3.8) is 0 Å². The lowest BCUT2D eigenvalue weighted by atomic mass is 10.2. The number of piperazine rings is 1. The number of para-hydroxylation sites is 1. The van der Waals surface area contributed by atoms with E-state index in [9.17, 15) is 0 Å². The van der Waals surface area contributed by atoms with Gasteiger partial charge < -0.3 is 15.4 Å². The highest BCUT2D eigenvalue weighted by Crippen LogP contribution is 2.09. The second kappa shape index (κ2) is 8.25. The van der Waals surface area contributed by atoms with Crippen molar-refractivity contribution in [1.29, 1.82) is 0 Å². The van der Waals surface area contributed by atoms with E-state index in [0.29, 0.717) is 0 Å². The van der Waals surface area contributed by atoms with E-state index in [1.807, 2.05) is 30.3 Å². The standard InChI is InChI=1S/C16H27N3O/c1-15(17)14-19-11-9-18(10-12-19)8-5-13-20-16-6-3-2-4-7-16/h2-4,6-7,15H,5,8-14,17H2,1H3. The summed E-state index contributed by atoms with van der Waals surface area (Å²) < 4.78 is 5.72. The van der Waals surface area contributed by atoms with Gasteiger partial charge in [-0.3, -0.25) is 4.90 Å². The topological polar surface area (TPSA) is 41.7 Å². The maximum atomic E-state index is 5.84. The quantitative estimate of drug-likeness (QED) is 0.765. The van der Waals surface area contributed by atoms with E-state index in [0.717, 1.165) is 58.0 Å². The molecule has 1 aromatic carbocycles. The van der Waals surface area contributed by atoms with Gasteiger partial charge in [0.25, 0.3) is 0 Å². The van der Waals surface area contributed by atoms with E-state index in [-0.39, 0.29) is 6.04 Å². The first-order chi connectivity index (χ1) is 9.74. The highest BCUT2D eigenvalue weighted by Gasteiger charge is 2.16. The molecule has 1 heterocycles. The Morgan fingerprint density at radius 3 is 2.40 bits per heavy atom. The van der Waals surface area contributed by atoms with E-state index in [2.05, 4.69) is 16.7 Å². The van der Waals surface area contributed by atoms with Crippen molar-refractivity contribution in [3.8, 4) is 5.75 Å². The highest BCUT2D eigenvalue weighted by molar-refractivity contribution is 5.20. The van der Waals surface area contributed by atoms with Crippen molar-refractivity contribution in [2.24, 2.45) is 5.73 Å². The first-order valence-electron chi connectivity index (χ1n) is 7.62. The van der Waals surface area contributed by atoms with Gasteiger partial charge in [0.2, 0.25) is 0 Å². The molecule has 0 aromatic heterocycles. The molecule has 0 radical (unpaired) electrons. The number of nitrogens with zero attached hydrogens (tertiary/aromatic N) is 2. The Morgan fingerprint density at radius 1 is 1.10 bits per heavy atom. The van der Waals surface area contributed by atoms with Gasteiger partial charge in [0.1, 0.15) is 5.75 Å². The maximum absolute atomic E-state index is 5.84. The molecular formula is C16H27N3O. The molecule has 20 heavy (non-hydrogen) atoms. The van der Waals surface area contributed by atoms with Crippen molar-refractivity contribution in [2.45, 2.75) is 19.4 Å². The molecule has 4 heteroatoms. The Kier molecular flexibility index (Phi) is 6.30. The number of hydrogen-bond donors (Lipinski definition) is 1. The van der Waals surface area contributed by atoms with E-state index >= 15 is 0 Å². The zero-order chi connectivity index (χ0) is 14.2. The zero-order valence-electron chi connectivity index (χ0n) is 12.5. The van der Waals surface area contributed by atoms with Gasteiger partial charge in [0.15, 0.2) is 0 Å². The normalized spacial score (nSPS) is 18.9. The maximum Gasteiger partial charge on any atom is 0.119 e. The van der Waals surface area contributed by atoms with Gasteiger partial charge in [-0.1, -0.05) is 18.2 Å². The van der Waals surface area contributed by atoms with Crippen molar-refractivity contribution in [1.82, 2.24) is 9.80 Å². The third-order valence-electron chi connectivity index (χ3n) is 3.64. The van der Waals surface area contributed by atoms with E-state index in [4.69, 9.17) is 10.5 Å². The average Bonchev–Trinajstić information content (AvgIpc) is 2.46. The van der Waals surface area contributed by atoms with Crippen LogP contribution in [0.25, 0.3) is 0 Å². The Labute approximate surface area is 122 Å². The van der Waals surface area contributed by atoms with Crippen LogP contribution in [-0.2, 0) is 0 Å². The molecule has 2 N–H and O–H groups in total. The van der Waals surface area contributed by atoms with Crippen LogP contribution in [0, 0.1) is 0 Å². The molecule has 1 aliphatic heterocycles. The first-order valence-corrected chi connectivity index (χ1v) is 7.62. The zero-order valence-corrected chi connectivity index (χ0v) is 12.5. The van der Waals surface area contributed by atoms with Gasteiger partial charge in [-0.05, 0) is 25.5 Å². The lowest BCUT2D eigenvalue weighted by Gasteiger charge is -2.35. The molecule has 0 saturated carbocycles. The van der Waals surface area contributed by atoms with Crippen LogP contribution in [0.15, 0.2) is 30.3 Å². The Balaban J connectivity index is 1.55. The molecule has 1 atom stereocenters. The summed E-state index contributed by atoms with van der Waals surface area (Å²) in [5.41, 5.74) is 5.84. The fourth-order valence-corrected chi connectivity index (χ4v) is 2.60. The SMILES string of the molecule is CC(N)CN1CCN(CCCOc2ccccc2)CC1. The molecule has 0 amide bonds. The molecule has 0 bridgehead atoms. The number of rotatable bonds is 7. The fraction of sp³-hybridized carbons (Fsp3) is 0.625. The summed E-state index contributed by atoms with van der Waals surface area (Å²) in [5, 5.41) is 0. The average molecular weight is 277 g/mol. The molecule has 112 valence electrons. The number of ether oxygens (including phenoxy) is 1. The molecule has 1 fully saturated rings. The van der Waals surface area contributed by atoms with Gasteiger partial charge in [-0.15, -0.1) is 0 Å². The third kappa shape index (κ3) is 5.49. The van der Waals surface area contributed by atoms with E-state index in [1.54, 1.807) is 0 Å². The minimum atomic E-state index is 0.279. The molecule has 1 saturated heterocycles. The summed E-state index contributed by atoms with van der Waals surface area (Å²) in [5.74, 6) is 0.967. The fourth-order valence-electron chi connectivity index (χ4n) is 2.60. The number of hydrogen-bond acceptors (Lipinski definition) is 4. The summed E-state index contributed by atoms with van der Waals surface area (Å²) in [4.78, 5) is 4.98. The third-order valence-corrected chi connectivity index (χ3v) is 3.64. The molecule has 0 spiro atoms. The van der Waals surface area contributed by atoms with Crippen LogP contribution in [0.5, 0.6) is 5.75 Å². The molecule has 1 aliphatic rings. The van der Waals surface area contributed by atoms with Gasteiger partial charge in [-0.25, -0.2) is 0 Å². The van der Waals surface area contributed by atoms with Crippen LogP contribution in [-0.4, -0.2) is 61.7 Å². The van der Waals surface area contributed by atoms with Crippen molar-refractivity contribution in [3.05, 3.63) is 30.3 Å². The van der Waals surface area contributed by atoms with Crippen LogP contribution in [0.2, 0.25) is 0 Å². The molecule has 1 aromatic rings. The van der Waals surface area contributed by atoms with Crippen LogP contribution in [0.4, 0.5) is 0 Å². The van der Waals surface area contributed by atoms with Gasteiger partial charge in [-0.2, -0.15) is 0 Å². The van der Waals surface area contributed by atoms with Crippen LogP contribution in [0.3, 0.4) is 0 Å².